The standard InChI is InChI=1S/C11H3ClF4N2/c12-9-6-3-5(13)1-2-8(6)18-10(7(9)4-17)11(14,15)16/h1-3H. The number of benzene rings is 1. The monoisotopic (exact) mass is 274 g/mol. The van der Waals surface area contributed by atoms with Crippen LogP contribution in [-0.2, 0) is 6.18 Å². The number of alkyl halides is 3. The maximum atomic E-state index is 13.0. The van der Waals surface area contributed by atoms with E-state index in [2.05, 4.69) is 4.98 Å². The number of hydrogen-bond acceptors (Lipinski definition) is 2. The Morgan fingerprint density at radius 1 is 1.28 bits per heavy atom. The number of hydrogen-bond donors (Lipinski definition) is 0. The molecule has 0 aliphatic carbocycles. The second-order valence-electron chi connectivity index (χ2n) is 3.42. The van der Waals surface area contributed by atoms with Crippen LogP contribution in [0.2, 0.25) is 5.02 Å². The Morgan fingerprint density at radius 2 is 1.94 bits per heavy atom. The number of aromatic nitrogens is 1. The first-order valence-corrected chi connectivity index (χ1v) is 4.98. The molecule has 0 spiro atoms. The molecule has 0 fully saturated rings. The molecule has 0 unspecified atom stereocenters. The van der Waals surface area contributed by atoms with Gasteiger partial charge in [0.25, 0.3) is 0 Å². The molecular formula is C11H3ClF4N2. The lowest BCUT2D eigenvalue weighted by molar-refractivity contribution is -0.141. The molecule has 0 N–H and O–H groups in total. The fourth-order valence-corrected chi connectivity index (χ4v) is 1.79. The van der Waals surface area contributed by atoms with Crippen molar-refractivity contribution >= 4 is 22.5 Å². The SMILES string of the molecule is N#Cc1c(C(F)(F)F)nc2ccc(F)cc2c1Cl. The molecule has 0 saturated heterocycles. The average molecular weight is 275 g/mol. The van der Waals surface area contributed by atoms with Crippen molar-refractivity contribution in [3.8, 4) is 6.07 Å². The molecule has 18 heavy (non-hydrogen) atoms. The third-order valence-corrected chi connectivity index (χ3v) is 2.66. The van der Waals surface area contributed by atoms with Crippen molar-refractivity contribution < 1.29 is 17.6 Å². The molecule has 0 radical (unpaired) electrons. The molecule has 0 bridgehead atoms. The van der Waals surface area contributed by atoms with Gasteiger partial charge in [-0.05, 0) is 18.2 Å². The first-order valence-electron chi connectivity index (χ1n) is 4.60. The maximum Gasteiger partial charge on any atom is 0.434 e. The summed E-state index contributed by atoms with van der Waals surface area (Å²) >= 11 is 5.70. The number of fused-ring (bicyclic) bond motifs is 1. The summed E-state index contributed by atoms with van der Waals surface area (Å²) in [6.45, 7) is 0. The van der Waals surface area contributed by atoms with E-state index in [9.17, 15) is 17.6 Å². The van der Waals surface area contributed by atoms with Gasteiger partial charge in [0.05, 0.1) is 10.5 Å². The van der Waals surface area contributed by atoms with Gasteiger partial charge in [-0.25, -0.2) is 9.37 Å². The predicted molar refractivity (Wildman–Crippen MR) is 56.4 cm³/mol. The lowest BCUT2D eigenvalue weighted by atomic mass is 10.1. The van der Waals surface area contributed by atoms with Crippen molar-refractivity contribution in [3.05, 3.63) is 40.3 Å². The zero-order valence-electron chi connectivity index (χ0n) is 8.52. The summed E-state index contributed by atoms with van der Waals surface area (Å²) in [7, 11) is 0. The fourth-order valence-electron chi connectivity index (χ4n) is 1.50. The van der Waals surface area contributed by atoms with Crippen LogP contribution in [0, 0.1) is 17.1 Å². The van der Waals surface area contributed by atoms with E-state index in [4.69, 9.17) is 16.9 Å². The van der Waals surface area contributed by atoms with E-state index in [1.165, 1.54) is 6.07 Å². The molecule has 1 aromatic carbocycles. The highest BCUT2D eigenvalue weighted by atomic mass is 35.5. The summed E-state index contributed by atoms with van der Waals surface area (Å²) in [6, 6.07) is 4.33. The van der Waals surface area contributed by atoms with Crippen LogP contribution >= 0.6 is 11.6 Å². The van der Waals surface area contributed by atoms with E-state index in [0.29, 0.717) is 0 Å². The molecule has 2 nitrogen and oxygen atoms in total. The maximum absolute atomic E-state index is 13.0. The molecular weight excluding hydrogens is 272 g/mol. The van der Waals surface area contributed by atoms with E-state index < -0.39 is 28.3 Å². The second kappa shape index (κ2) is 4.10. The van der Waals surface area contributed by atoms with Crippen molar-refractivity contribution in [3.63, 3.8) is 0 Å². The van der Waals surface area contributed by atoms with Crippen LogP contribution in [0.4, 0.5) is 17.6 Å². The fraction of sp³-hybridized carbons (Fsp3) is 0.0909. The van der Waals surface area contributed by atoms with Crippen LogP contribution in [0.3, 0.4) is 0 Å². The molecule has 0 atom stereocenters. The smallest absolute Gasteiger partial charge is 0.242 e. The second-order valence-corrected chi connectivity index (χ2v) is 3.80. The van der Waals surface area contributed by atoms with Crippen molar-refractivity contribution in [1.29, 1.82) is 5.26 Å². The lowest BCUT2D eigenvalue weighted by Gasteiger charge is -2.11. The molecule has 7 heteroatoms. The third kappa shape index (κ3) is 1.97. The van der Waals surface area contributed by atoms with Crippen molar-refractivity contribution in [2.45, 2.75) is 6.18 Å². The van der Waals surface area contributed by atoms with Gasteiger partial charge in [-0.1, -0.05) is 11.6 Å². The van der Waals surface area contributed by atoms with Gasteiger partial charge in [-0.3, -0.25) is 0 Å². The highest BCUT2D eigenvalue weighted by Gasteiger charge is 2.37. The number of pyridine rings is 1. The Labute approximate surface area is 103 Å². The normalized spacial score (nSPS) is 11.6. The summed E-state index contributed by atoms with van der Waals surface area (Å²) < 4.78 is 51.0. The van der Waals surface area contributed by atoms with Gasteiger partial charge in [0.2, 0.25) is 0 Å². The molecule has 0 aliphatic rings. The van der Waals surface area contributed by atoms with Crippen LogP contribution in [0.1, 0.15) is 11.3 Å². The van der Waals surface area contributed by atoms with Crippen molar-refractivity contribution in [2.75, 3.05) is 0 Å². The minimum absolute atomic E-state index is 0.0267. The molecule has 2 aromatic rings. The molecule has 1 aromatic heterocycles. The van der Waals surface area contributed by atoms with Gasteiger partial charge >= 0.3 is 6.18 Å². The van der Waals surface area contributed by atoms with Gasteiger partial charge in [0.1, 0.15) is 17.4 Å². The minimum atomic E-state index is -4.79. The Kier molecular flexibility index (Phi) is 2.87. The van der Waals surface area contributed by atoms with Gasteiger partial charge in [0.15, 0.2) is 5.69 Å². The number of halogens is 5. The summed E-state index contributed by atoms with van der Waals surface area (Å²) in [5, 5.41) is 8.25. The molecule has 0 saturated carbocycles. The molecule has 0 aliphatic heterocycles. The highest BCUT2D eigenvalue weighted by Crippen LogP contribution is 2.36. The molecule has 1 heterocycles. The minimum Gasteiger partial charge on any atom is -0.242 e. The van der Waals surface area contributed by atoms with Gasteiger partial charge in [-0.15, -0.1) is 0 Å². The van der Waals surface area contributed by atoms with Gasteiger partial charge in [-0.2, -0.15) is 18.4 Å². The Bertz CT molecular complexity index is 673. The Morgan fingerprint density at radius 3 is 2.50 bits per heavy atom. The van der Waals surface area contributed by atoms with Gasteiger partial charge in [0, 0.05) is 5.39 Å². The van der Waals surface area contributed by atoms with E-state index in [1.807, 2.05) is 0 Å². The topological polar surface area (TPSA) is 36.7 Å². The van der Waals surface area contributed by atoms with E-state index in [0.717, 1.165) is 18.2 Å². The van der Waals surface area contributed by atoms with Crippen LogP contribution in [0.5, 0.6) is 0 Å². The molecule has 0 amide bonds. The average Bonchev–Trinajstić information content (AvgIpc) is 2.28. The van der Waals surface area contributed by atoms with E-state index in [-0.39, 0.29) is 10.9 Å². The summed E-state index contributed by atoms with van der Waals surface area (Å²) in [6.07, 6.45) is -4.79. The molecule has 92 valence electrons. The van der Waals surface area contributed by atoms with Crippen LogP contribution in [0.25, 0.3) is 10.9 Å². The van der Waals surface area contributed by atoms with E-state index in [1.54, 1.807) is 0 Å². The van der Waals surface area contributed by atoms with Crippen LogP contribution in [-0.4, -0.2) is 4.98 Å². The number of nitrogens with zero attached hydrogens (tertiary/aromatic N) is 2. The van der Waals surface area contributed by atoms with Crippen LogP contribution in [0.15, 0.2) is 18.2 Å². The van der Waals surface area contributed by atoms with E-state index >= 15 is 0 Å². The summed E-state index contributed by atoms with van der Waals surface area (Å²) in [5.74, 6) is -0.671. The quantitative estimate of drug-likeness (QED) is 0.683. The zero-order chi connectivity index (χ0) is 13.5. The summed E-state index contributed by atoms with van der Waals surface area (Å²) in [5.41, 5.74) is -2.29. The number of nitriles is 1. The van der Waals surface area contributed by atoms with Crippen molar-refractivity contribution in [2.24, 2.45) is 0 Å². The largest absolute Gasteiger partial charge is 0.434 e. The van der Waals surface area contributed by atoms with Crippen LogP contribution < -0.4 is 0 Å². The number of rotatable bonds is 0. The predicted octanol–water partition coefficient (Wildman–Crippen LogP) is 3.92. The first kappa shape index (κ1) is 12.6. The van der Waals surface area contributed by atoms with Gasteiger partial charge < -0.3 is 0 Å². The first-order chi connectivity index (χ1) is 8.34. The third-order valence-electron chi connectivity index (χ3n) is 2.26. The Hall–Kier alpha value is -1.87. The highest BCUT2D eigenvalue weighted by molar-refractivity contribution is 6.36. The molecule has 2 rings (SSSR count). The van der Waals surface area contributed by atoms with Crippen molar-refractivity contribution in [1.82, 2.24) is 4.98 Å². The Balaban J connectivity index is 2.92. The summed E-state index contributed by atoms with van der Waals surface area (Å²) in [4.78, 5) is 3.32. The zero-order valence-corrected chi connectivity index (χ0v) is 9.27. The lowest BCUT2D eigenvalue weighted by Crippen LogP contribution is -2.11.